The highest BCUT2D eigenvalue weighted by Crippen LogP contribution is 2.41. The zero-order valence-electron chi connectivity index (χ0n) is 15.9. The summed E-state index contributed by atoms with van der Waals surface area (Å²) in [5.74, 6) is 1.47. The molecule has 0 spiro atoms. The molecular formula is C21H19Cl3N6. The number of imidazole rings is 2. The zero-order chi connectivity index (χ0) is 20.7. The second kappa shape index (κ2) is 8.10. The largest absolute Gasteiger partial charge is 0.379 e. The van der Waals surface area contributed by atoms with Crippen LogP contribution in [0.3, 0.4) is 0 Å². The van der Waals surface area contributed by atoms with Gasteiger partial charge in [0, 0.05) is 47.0 Å². The lowest BCUT2D eigenvalue weighted by molar-refractivity contribution is 0.517. The molecule has 2 atom stereocenters. The molecule has 0 saturated heterocycles. The maximum atomic E-state index is 6.35. The minimum Gasteiger partial charge on any atom is -0.379 e. The molecule has 9 heteroatoms. The van der Waals surface area contributed by atoms with E-state index in [0.717, 1.165) is 47.5 Å². The monoisotopic (exact) mass is 460 g/mol. The minimum absolute atomic E-state index is 0.311. The topological polar surface area (TPSA) is 71.4 Å². The molecule has 0 amide bonds. The van der Waals surface area contributed by atoms with Crippen LogP contribution in [0.4, 0.5) is 5.69 Å². The van der Waals surface area contributed by atoms with Gasteiger partial charge in [-0.05, 0) is 43.0 Å². The van der Waals surface area contributed by atoms with Gasteiger partial charge < -0.3 is 14.9 Å². The van der Waals surface area contributed by atoms with Gasteiger partial charge in [-0.25, -0.2) is 15.0 Å². The van der Waals surface area contributed by atoms with Crippen molar-refractivity contribution >= 4 is 51.7 Å². The van der Waals surface area contributed by atoms with Crippen molar-refractivity contribution < 1.29 is 0 Å². The van der Waals surface area contributed by atoms with E-state index in [1.807, 2.05) is 18.6 Å². The molecule has 1 fully saturated rings. The first-order valence-electron chi connectivity index (χ1n) is 9.78. The van der Waals surface area contributed by atoms with Gasteiger partial charge in [0.25, 0.3) is 0 Å². The quantitative estimate of drug-likeness (QED) is 0.345. The standard InChI is InChI=1S/C21H19Cl3N6/c22-14-2-4-16(23)13(7-14)10-27-17-9-18(24)29-21-19(17)28-11-30(21)15-3-1-12(8-15)20-25-5-6-26-20/h2,4-7,9,11-12,15H,1,3,8,10H2,(H,25,26)(H,27,29)/t12-,15+/m1/s1. The molecule has 0 aliphatic heterocycles. The summed E-state index contributed by atoms with van der Waals surface area (Å²) in [6, 6.07) is 7.52. The summed E-state index contributed by atoms with van der Waals surface area (Å²) in [4.78, 5) is 16.9. The highest BCUT2D eigenvalue weighted by molar-refractivity contribution is 6.33. The summed E-state index contributed by atoms with van der Waals surface area (Å²) in [6.45, 7) is 0.506. The summed E-state index contributed by atoms with van der Waals surface area (Å²) in [6.07, 6.45) is 8.67. The van der Waals surface area contributed by atoms with Gasteiger partial charge in [-0.3, -0.25) is 0 Å². The van der Waals surface area contributed by atoms with Crippen molar-refractivity contribution in [1.82, 2.24) is 24.5 Å². The van der Waals surface area contributed by atoms with E-state index in [0.29, 0.717) is 33.7 Å². The van der Waals surface area contributed by atoms with Gasteiger partial charge in [-0.1, -0.05) is 34.8 Å². The third kappa shape index (κ3) is 3.75. The number of halogens is 3. The lowest BCUT2D eigenvalue weighted by Gasteiger charge is -2.14. The Kier molecular flexibility index (Phi) is 5.31. The van der Waals surface area contributed by atoms with E-state index in [2.05, 4.69) is 29.8 Å². The summed E-state index contributed by atoms with van der Waals surface area (Å²) in [5, 5.41) is 5.11. The number of pyridine rings is 1. The number of H-pyrrole nitrogens is 1. The summed E-state index contributed by atoms with van der Waals surface area (Å²) < 4.78 is 2.14. The summed E-state index contributed by atoms with van der Waals surface area (Å²) in [7, 11) is 0. The summed E-state index contributed by atoms with van der Waals surface area (Å²) >= 11 is 18.8. The Morgan fingerprint density at radius 2 is 2.03 bits per heavy atom. The van der Waals surface area contributed by atoms with Crippen LogP contribution in [0, 0.1) is 0 Å². The van der Waals surface area contributed by atoms with Crippen molar-refractivity contribution in [2.45, 2.75) is 37.8 Å². The number of hydrogen-bond acceptors (Lipinski definition) is 4. The molecule has 5 rings (SSSR count). The van der Waals surface area contributed by atoms with Gasteiger partial charge in [0.15, 0.2) is 5.65 Å². The second-order valence-corrected chi connectivity index (χ2v) is 8.77. The normalized spacial score (nSPS) is 18.9. The lowest BCUT2D eigenvalue weighted by Crippen LogP contribution is -2.06. The van der Waals surface area contributed by atoms with E-state index in [9.17, 15) is 0 Å². The molecule has 1 aromatic carbocycles. The molecule has 2 N–H and O–H groups in total. The molecule has 1 aliphatic rings. The van der Waals surface area contributed by atoms with Gasteiger partial charge in [-0.15, -0.1) is 0 Å². The molecule has 30 heavy (non-hydrogen) atoms. The van der Waals surface area contributed by atoms with Crippen LogP contribution in [0.15, 0.2) is 43.0 Å². The van der Waals surface area contributed by atoms with Gasteiger partial charge in [0.2, 0.25) is 0 Å². The number of benzene rings is 1. The van der Waals surface area contributed by atoms with Crippen molar-refractivity contribution in [3.8, 4) is 0 Å². The molecule has 6 nitrogen and oxygen atoms in total. The molecule has 1 saturated carbocycles. The second-order valence-electron chi connectivity index (χ2n) is 7.54. The fraction of sp³-hybridized carbons (Fsp3) is 0.286. The van der Waals surface area contributed by atoms with Crippen LogP contribution in [0.25, 0.3) is 11.2 Å². The van der Waals surface area contributed by atoms with E-state index in [-0.39, 0.29) is 0 Å². The number of nitrogens with one attached hydrogen (secondary N) is 2. The molecule has 0 radical (unpaired) electrons. The summed E-state index contributed by atoms with van der Waals surface area (Å²) in [5.41, 5.74) is 3.30. The van der Waals surface area contributed by atoms with Gasteiger partial charge >= 0.3 is 0 Å². The van der Waals surface area contributed by atoms with Crippen LogP contribution in [0.5, 0.6) is 0 Å². The van der Waals surface area contributed by atoms with E-state index < -0.39 is 0 Å². The predicted octanol–water partition coefficient (Wildman–Crippen LogP) is 6.24. The Hall–Kier alpha value is -2.28. The highest BCUT2D eigenvalue weighted by atomic mass is 35.5. The van der Waals surface area contributed by atoms with E-state index in [1.165, 1.54) is 0 Å². The third-order valence-corrected chi connectivity index (χ3v) is 6.48. The van der Waals surface area contributed by atoms with Crippen LogP contribution < -0.4 is 5.32 Å². The van der Waals surface area contributed by atoms with Crippen molar-refractivity contribution in [2.24, 2.45) is 0 Å². The number of rotatable bonds is 5. The number of aromatic amines is 1. The predicted molar refractivity (Wildman–Crippen MR) is 121 cm³/mol. The Bertz CT molecular complexity index is 1190. The average molecular weight is 462 g/mol. The molecule has 3 aromatic heterocycles. The number of anilines is 1. The zero-order valence-corrected chi connectivity index (χ0v) is 18.2. The Morgan fingerprint density at radius 3 is 2.87 bits per heavy atom. The molecule has 154 valence electrons. The van der Waals surface area contributed by atoms with Gasteiger partial charge in [-0.2, -0.15) is 0 Å². The van der Waals surface area contributed by atoms with Crippen molar-refractivity contribution in [3.63, 3.8) is 0 Å². The molecule has 4 aromatic rings. The maximum absolute atomic E-state index is 6.35. The fourth-order valence-electron chi connectivity index (χ4n) is 4.21. The average Bonchev–Trinajstić information content (AvgIpc) is 3.47. The molecule has 0 unspecified atom stereocenters. The molecule has 1 aliphatic carbocycles. The highest BCUT2D eigenvalue weighted by Gasteiger charge is 2.30. The van der Waals surface area contributed by atoms with Crippen LogP contribution in [0.2, 0.25) is 15.2 Å². The van der Waals surface area contributed by atoms with E-state index in [1.54, 1.807) is 24.4 Å². The number of hydrogen-bond donors (Lipinski definition) is 2. The van der Waals surface area contributed by atoms with E-state index in [4.69, 9.17) is 34.8 Å². The van der Waals surface area contributed by atoms with Crippen LogP contribution in [-0.4, -0.2) is 24.5 Å². The lowest BCUT2D eigenvalue weighted by atomic mass is 10.1. The number of nitrogens with zero attached hydrogens (tertiary/aromatic N) is 4. The Labute approximate surface area is 188 Å². The van der Waals surface area contributed by atoms with Crippen LogP contribution in [-0.2, 0) is 6.54 Å². The number of fused-ring (bicyclic) bond motifs is 1. The third-order valence-electron chi connectivity index (χ3n) is 5.68. The smallest absolute Gasteiger partial charge is 0.163 e. The fourth-order valence-corrected chi connectivity index (χ4v) is 4.78. The minimum atomic E-state index is 0.311. The van der Waals surface area contributed by atoms with Crippen LogP contribution >= 0.6 is 34.8 Å². The maximum Gasteiger partial charge on any atom is 0.163 e. The SMILES string of the molecule is Clc1ccc(Cl)c(CNc2cc(Cl)nc3c2ncn3[C@H]2CC[C@@H](c3ncc[nH]3)C2)c1. The van der Waals surface area contributed by atoms with Crippen molar-refractivity contribution in [1.29, 1.82) is 0 Å². The first-order valence-corrected chi connectivity index (χ1v) is 10.9. The van der Waals surface area contributed by atoms with Crippen molar-refractivity contribution in [2.75, 3.05) is 5.32 Å². The van der Waals surface area contributed by atoms with Crippen LogP contribution in [0.1, 0.15) is 42.6 Å². The number of aromatic nitrogens is 5. The first-order chi connectivity index (χ1) is 14.6. The van der Waals surface area contributed by atoms with Gasteiger partial charge in [0.1, 0.15) is 16.5 Å². The Balaban J connectivity index is 1.41. The van der Waals surface area contributed by atoms with E-state index >= 15 is 0 Å². The molecule has 0 bridgehead atoms. The Morgan fingerprint density at radius 1 is 1.13 bits per heavy atom. The van der Waals surface area contributed by atoms with Crippen molar-refractivity contribution in [3.05, 3.63) is 69.6 Å². The molecular weight excluding hydrogens is 443 g/mol. The van der Waals surface area contributed by atoms with Gasteiger partial charge in [0.05, 0.1) is 12.0 Å². The first kappa shape index (κ1) is 19.7. The molecule has 3 heterocycles.